The summed E-state index contributed by atoms with van der Waals surface area (Å²) in [6.07, 6.45) is 1.65. The van der Waals surface area contributed by atoms with Gasteiger partial charge in [-0.25, -0.2) is 0 Å². The molecule has 0 aliphatic carbocycles. The Hall–Kier alpha value is 0.840. The van der Waals surface area contributed by atoms with Crippen LogP contribution in [0, 0.1) is 16.6 Å². The minimum atomic E-state index is -0.101. The van der Waals surface area contributed by atoms with E-state index in [9.17, 15) is 4.79 Å². The molecule has 6 heteroatoms. The molecule has 1 aromatic carbocycles. The summed E-state index contributed by atoms with van der Waals surface area (Å²) >= 11 is 6.76. The highest BCUT2D eigenvalue weighted by Gasteiger charge is 2.46. The largest absolute Gasteiger partial charge is 0.424 e. The lowest BCUT2D eigenvalue weighted by Crippen LogP contribution is -2.59. The molecule has 0 spiro atoms. The number of nitrogens with zero attached hydrogens (tertiary/aromatic N) is 1. The zero-order chi connectivity index (χ0) is 17.6. The van der Waals surface area contributed by atoms with Crippen molar-refractivity contribution in [3.63, 3.8) is 0 Å². The standard InChI is InChI=1S/C17H22I3NO2/c1-16(2)8-10(9-17(3,4)21(16)5)15(22)23-14-12(19)6-11(18)7-13(14)20/h6-7,10H,8-9H2,1-5H3. The average Bonchev–Trinajstić information content (AvgIpc) is 2.39. The highest BCUT2D eigenvalue weighted by molar-refractivity contribution is 14.1. The molecule has 0 bridgehead atoms. The van der Waals surface area contributed by atoms with E-state index in [0.717, 1.165) is 23.6 Å². The molecule has 0 amide bonds. The number of halogens is 3. The van der Waals surface area contributed by atoms with Crippen LogP contribution in [0.4, 0.5) is 0 Å². The fourth-order valence-electron chi connectivity index (χ4n) is 3.35. The van der Waals surface area contributed by atoms with Crippen LogP contribution in [0.1, 0.15) is 40.5 Å². The Kier molecular flexibility index (Phi) is 6.33. The van der Waals surface area contributed by atoms with E-state index in [4.69, 9.17) is 4.74 Å². The Bertz CT molecular complexity index is 587. The molecule has 0 N–H and O–H groups in total. The number of rotatable bonds is 2. The second-order valence-electron chi connectivity index (χ2n) is 7.41. The molecule has 128 valence electrons. The second kappa shape index (κ2) is 7.22. The highest BCUT2D eigenvalue weighted by atomic mass is 127. The van der Waals surface area contributed by atoms with Crippen molar-refractivity contribution < 1.29 is 9.53 Å². The number of benzene rings is 1. The summed E-state index contributed by atoms with van der Waals surface area (Å²) < 4.78 is 8.94. The molecule has 1 saturated heterocycles. The van der Waals surface area contributed by atoms with E-state index in [1.165, 1.54) is 0 Å². The molecule has 1 aromatic rings. The molecule has 0 unspecified atom stereocenters. The summed E-state index contributed by atoms with van der Waals surface area (Å²) in [5, 5.41) is 0. The fourth-order valence-corrected chi connectivity index (χ4v) is 7.15. The molecule has 1 aliphatic heterocycles. The van der Waals surface area contributed by atoms with Crippen LogP contribution in [0.3, 0.4) is 0 Å². The normalized spacial score (nSPS) is 21.2. The molecule has 1 fully saturated rings. The SMILES string of the molecule is CN1C(C)(C)CC(C(=O)Oc2c(I)cc(I)cc2I)CC1(C)C. The topological polar surface area (TPSA) is 29.5 Å². The Labute approximate surface area is 179 Å². The van der Waals surface area contributed by atoms with Crippen molar-refractivity contribution in [3.8, 4) is 5.75 Å². The molecule has 0 radical (unpaired) electrons. The van der Waals surface area contributed by atoms with Crippen LogP contribution in [0.15, 0.2) is 12.1 Å². The first kappa shape index (κ1) is 20.2. The predicted octanol–water partition coefficient (Wildman–Crippen LogP) is 5.30. The van der Waals surface area contributed by atoms with Crippen LogP contribution >= 0.6 is 67.8 Å². The molecule has 1 aliphatic rings. The molecular formula is C17H22I3NO2. The zero-order valence-electron chi connectivity index (χ0n) is 14.0. The molecule has 0 saturated carbocycles. The highest BCUT2D eigenvalue weighted by Crippen LogP contribution is 2.41. The van der Waals surface area contributed by atoms with E-state index in [0.29, 0.717) is 5.75 Å². The number of piperidine rings is 1. The fraction of sp³-hybridized carbons (Fsp3) is 0.588. The molecule has 23 heavy (non-hydrogen) atoms. The van der Waals surface area contributed by atoms with E-state index >= 15 is 0 Å². The van der Waals surface area contributed by atoms with Gasteiger partial charge in [0, 0.05) is 14.6 Å². The second-order valence-corrected chi connectivity index (χ2v) is 11.0. The van der Waals surface area contributed by atoms with Gasteiger partial charge in [0.1, 0.15) is 0 Å². The summed E-state index contributed by atoms with van der Waals surface area (Å²) in [7, 11) is 2.15. The monoisotopic (exact) mass is 653 g/mol. The Balaban J connectivity index is 2.22. The van der Waals surface area contributed by atoms with Crippen molar-refractivity contribution in [2.45, 2.75) is 51.6 Å². The van der Waals surface area contributed by atoms with Gasteiger partial charge in [-0.1, -0.05) is 0 Å². The van der Waals surface area contributed by atoms with Crippen LogP contribution in [-0.2, 0) is 4.79 Å². The molecule has 2 rings (SSSR count). The third-order valence-corrected chi connectivity index (χ3v) is 7.03. The van der Waals surface area contributed by atoms with Crippen LogP contribution in [0.2, 0.25) is 0 Å². The van der Waals surface area contributed by atoms with E-state index in [1.54, 1.807) is 0 Å². The lowest BCUT2D eigenvalue weighted by atomic mass is 9.74. The third kappa shape index (κ3) is 4.52. The molecule has 0 aromatic heterocycles. The van der Waals surface area contributed by atoms with Gasteiger partial charge in [-0.2, -0.15) is 0 Å². The van der Waals surface area contributed by atoms with Crippen LogP contribution in [0.5, 0.6) is 5.75 Å². The first-order valence-corrected chi connectivity index (χ1v) is 10.8. The van der Waals surface area contributed by atoms with Crippen molar-refractivity contribution in [1.29, 1.82) is 0 Å². The van der Waals surface area contributed by atoms with Gasteiger partial charge in [-0.15, -0.1) is 0 Å². The van der Waals surface area contributed by atoms with Gasteiger partial charge >= 0.3 is 5.97 Å². The summed E-state index contributed by atoms with van der Waals surface area (Å²) in [4.78, 5) is 15.2. The van der Waals surface area contributed by atoms with Crippen molar-refractivity contribution in [2.24, 2.45) is 5.92 Å². The van der Waals surface area contributed by atoms with Crippen molar-refractivity contribution in [1.82, 2.24) is 4.90 Å². The number of ether oxygens (including phenoxy) is 1. The van der Waals surface area contributed by atoms with E-state index < -0.39 is 0 Å². The van der Waals surface area contributed by atoms with Crippen LogP contribution in [-0.4, -0.2) is 29.0 Å². The number of esters is 1. The maximum Gasteiger partial charge on any atom is 0.314 e. The summed E-state index contributed by atoms with van der Waals surface area (Å²) in [6.45, 7) is 8.80. The van der Waals surface area contributed by atoms with Crippen molar-refractivity contribution in [3.05, 3.63) is 22.8 Å². The summed E-state index contributed by atoms with van der Waals surface area (Å²) in [5.41, 5.74) is -0.0321. The number of hydrogen-bond acceptors (Lipinski definition) is 3. The van der Waals surface area contributed by atoms with Gasteiger partial charge in [-0.05, 0) is 127 Å². The van der Waals surface area contributed by atoms with E-state index in [2.05, 4.69) is 107 Å². The van der Waals surface area contributed by atoms with Gasteiger partial charge in [-0.3, -0.25) is 9.69 Å². The molecular weight excluding hydrogens is 631 g/mol. The van der Waals surface area contributed by atoms with Gasteiger partial charge < -0.3 is 4.74 Å². The smallest absolute Gasteiger partial charge is 0.314 e. The lowest BCUT2D eigenvalue weighted by Gasteiger charge is -2.53. The van der Waals surface area contributed by atoms with Gasteiger partial charge in [0.2, 0.25) is 0 Å². The van der Waals surface area contributed by atoms with E-state index in [1.807, 2.05) is 12.1 Å². The zero-order valence-corrected chi connectivity index (χ0v) is 20.5. The van der Waals surface area contributed by atoms with E-state index in [-0.39, 0.29) is 23.0 Å². The van der Waals surface area contributed by atoms with Crippen molar-refractivity contribution in [2.75, 3.05) is 7.05 Å². The molecule has 3 nitrogen and oxygen atoms in total. The quantitative estimate of drug-likeness (QED) is 0.247. The maximum absolute atomic E-state index is 12.8. The predicted molar refractivity (Wildman–Crippen MR) is 119 cm³/mol. The maximum atomic E-state index is 12.8. The van der Waals surface area contributed by atoms with Crippen LogP contribution < -0.4 is 4.74 Å². The minimum absolute atomic E-state index is 0.0161. The summed E-state index contributed by atoms with van der Waals surface area (Å²) in [5.74, 6) is 0.532. The van der Waals surface area contributed by atoms with Gasteiger partial charge in [0.25, 0.3) is 0 Å². The lowest BCUT2D eigenvalue weighted by molar-refractivity contribution is -0.146. The number of carbonyl (C=O) groups excluding carboxylic acids is 1. The third-order valence-electron chi connectivity index (χ3n) is 4.81. The molecule has 0 atom stereocenters. The first-order chi connectivity index (χ1) is 10.4. The van der Waals surface area contributed by atoms with Crippen molar-refractivity contribution >= 4 is 73.7 Å². The Morgan fingerprint density at radius 1 is 1.09 bits per heavy atom. The number of likely N-dealkylation sites (tertiary alicyclic amines) is 1. The molecule has 1 heterocycles. The average molecular weight is 653 g/mol. The Morgan fingerprint density at radius 2 is 1.52 bits per heavy atom. The Morgan fingerprint density at radius 3 is 1.96 bits per heavy atom. The number of carbonyl (C=O) groups is 1. The number of hydrogen-bond donors (Lipinski definition) is 0. The first-order valence-electron chi connectivity index (χ1n) is 7.54. The minimum Gasteiger partial charge on any atom is -0.424 e. The van der Waals surface area contributed by atoms with Gasteiger partial charge in [0.15, 0.2) is 5.75 Å². The summed E-state index contributed by atoms with van der Waals surface area (Å²) in [6, 6.07) is 4.07. The van der Waals surface area contributed by atoms with Gasteiger partial charge in [0.05, 0.1) is 13.1 Å². The van der Waals surface area contributed by atoms with Crippen LogP contribution in [0.25, 0.3) is 0 Å².